The van der Waals surface area contributed by atoms with Gasteiger partial charge in [0.15, 0.2) is 0 Å². The predicted octanol–water partition coefficient (Wildman–Crippen LogP) is 5.88. The minimum atomic E-state index is -4.61. The van der Waals surface area contributed by atoms with Crippen LogP contribution in [0.5, 0.6) is 5.75 Å². The molecule has 2 aromatic rings. The number of likely N-dealkylation sites (tertiary alicyclic amines) is 1. The van der Waals surface area contributed by atoms with E-state index in [1.54, 1.807) is 4.90 Å². The number of rotatable bonds is 8. The lowest BCUT2D eigenvalue weighted by atomic mass is 9.87. The first-order chi connectivity index (χ1) is 18.3. The molecule has 12 heteroatoms. The van der Waals surface area contributed by atoms with E-state index in [0.717, 1.165) is 25.3 Å². The summed E-state index contributed by atoms with van der Waals surface area (Å²) in [6, 6.07) is 3.29. The molecule has 1 aromatic heterocycles. The molecule has 0 spiro atoms. The van der Waals surface area contributed by atoms with E-state index in [1.165, 1.54) is 37.5 Å². The molecule has 38 heavy (non-hydrogen) atoms. The van der Waals surface area contributed by atoms with Crippen molar-refractivity contribution in [1.29, 1.82) is 0 Å². The summed E-state index contributed by atoms with van der Waals surface area (Å²) >= 11 is 0. The van der Waals surface area contributed by atoms with Gasteiger partial charge in [-0.3, -0.25) is 0 Å². The number of benzene rings is 1. The number of halogens is 3. The van der Waals surface area contributed by atoms with Gasteiger partial charge in [-0.25, -0.2) is 4.79 Å². The number of guanidine groups is 1. The zero-order valence-corrected chi connectivity index (χ0v) is 21.1. The van der Waals surface area contributed by atoms with Crippen LogP contribution in [0.15, 0.2) is 40.4 Å². The summed E-state index contributed by atoms with van der Waals surface area (Å²) in [5, 5.41) is 3.90. The Kier molecular flexibility index (Phi) is 8.90. The Morgan fingerprint density at radius 1 is 1.24 bits per heavy atom. The number of alkyl halides is 3. The maximum atomic E-state index is 13.9. The molecule has 0 unspecified atom stereocenters. The summed E-state index contributed by atoms with van der Waals surface area (Å²) in [6.45, 7) is 4.18. The van der Waals surface area contributed by atoms with Gasteiger partial charge in [-0.15, -0.1) is 4.99 Å². The second-order valence-corrected chi connectivity index (χ2v) is 9.49. The lowest BCUT2D eigenvalue weighted by molar-refractivity contribution is -0.138. The number of carbonyl (C=O) groups is 1. The number of amides is 1. The standard InChI is InChI=1S/C26H32F3N5O4/c1-2-14-37-25(35)32-24(30)34-13-6-9-20(34)23-31-22(33-38-23)18-10-11-21(19(16-18)26(27,28)29)36-15-12-17-7-4-3-5-8-17/h2,10-11,16-17,20H,1,3-9,12-15H2,(H2,30,32,35)/t20-/m0/s1. The van der Waals surface area contributed by atoms with Crippen LogP contribution < -0.4 is 10.5 Å². The molecule has 1 aliphatic heterocycles. The summed E-state index contributed by atoms with van der Waals surface area (Å²) in [5.74, 6) is 0.385. The third-order valence-electron chi connectivity index (χ3n) is 6.86. The van der Waals surface area contributed by atoms with E-state index < -0.39 is 23.9 Å². The average Bonchev–Trinajstić information content (AvgIpc) is 3.58. The number of nitrogens with zero attached hydrogens (tertiary/aromatic N) is 4. The van der Waals surface area contributed by atoms with E-state index in [1.807, 2.05) is 0 Å². The van der Waals surface area contributed by atoms with Crippen LogP contribution in [0.3, 0.4) is 0 Å². The molecule has 2 fully saturated rings. The molecule has 1 saturated carbocycles. The van der Waals surface area contributed by atoms with E-state index in [2.05, 4.69) is 21.7 Å². The minimum Gasteiger partial charge on any atom is -0.493 e. The SMILES string of the molecule is C=CCOC(=O)N=C(N)N1CCC[C@H]1c1nc(-c2ccc(OCCC3CCCCC3)c(C(F)(F)F)c2)no1. The van der Waals surface area contributed by atoms with Crippen molar-refractivity contribution in [1.82, 2.24) is 15.0 Å². The van der Waals surface area contributed by atoms with Gasteiger partial charge in [0.25, 0.3) is 0 Å². The van der Waals surface area contributed by atoms with Gasteiger partial charge < -0.3 is 24.6 Å². The lowest BCUT2D eigenvalue weighted by Gasteiger charge is -2.22. The van der Waals surface area contributed by atoms with Gasteiger partial charge in [0, 0.05) is 12.1 Å². The highest BCUT2D eigenvalue weighted by atomic mass is 19.4. The van der Waals surface area contributed by atoms with Crippen LogP contribution in [0.4, 0.5) is 18.0 Å². The monoisotopic (exact) mass is 535 g/mol. The van der Waals surface area contributed by atoms with Gasteiger partial charge in [-0.05, 0) is 43.4 Å². The molecular weight excluding hydrogens is 503 g/mol. The molecule has 1 saturated heterocycles. The second kappa shape index (κ2) is 12.3. The fraction of sp³-hybridized carbons (Fsp3) is 0.538. The van der Waals surface area contributed by atoms with Crippen molar-refractivity contribution in [3.8, 4) is 17.1 Å². The summed E-state index contributed by atoms with van der Waals surface area (Å²) in [6.07, 6.45) is 3.72. The molecule has 9 nitrogen and oxygen atoms in total. The van der Waals surface area contributed by atoms with Crippen LogP contribution in [0.25, 0.3) is 11.4 Å². The van der Waals surface area contributed by atoms with E-state index in [-0.39, 0.29) is 42.2 Å². The highest BCUT2D eigenvalue weighted by Gasteiger charge is 2.36. The first-order valence-electron chi connectivity index (χ1n) is 12.8. The lowest BCUT2D eigenvalue weighted by Crippen LogP contribution is -2.37. The molecule has 1 aliphatic carbocycles. The molecule has 1 atom stereocenters. The smallest absolute Gasteiger partial charge is 0.437 e. The fourth-order valence-electron chi connectivity index (χ4n) is 4.93. The molecule has 2 N–H and O–H groups in total. The third-order valence-corrected chi connectivity index (χ3v) is 6.86. The largest absolute Gasteiger partial charge is 0.493 e. The molecule has 0 radical (unpaired) electrons. The first kappa shape index (κ1) is 27.5. The summed E-state index contributed by atoms with van der Waals surface area (Å²) in [4.78, 5) is 21.4. The van der Waals surface area contributed by atoms with Gasteiger partial charge in [0.2, 0.25) is 17.7 Å². The second-order valence-electron chi connectivity index (χ2n) is 9.49. The Morgan fingerprint density at radius 2 is 2.03 bits per heavy atom. The van der Waals surface area contributed by atoms with E-state index in [9.17, 15) is 18.0 Å². The molecule has 1 aromatic carbocycles. The van der Waals surface area contributed by atoms with E-state index in [0.29, 0.717) is 25.3 Å². The molecule has 2 aliphatic rings. The van der Waals surface area contributed by atoms with E-state index in [4.69, 9.17) is 19.7 Å². The van der Waals surface area contributed by atoms with Gasteiger partial charge in [0.05, 0.1) is 12.2 Å². The number of ether oxygens (including phenoxy) is 2. The van der Waals surface area contributed by atoms with Crippen LogP contribution in [-0.2, 0) is 10.9 Å². The van der Waals surface area contributed by atoms with E-state index >= 15 is 0 Å². The maximum absolute atomic E-state index is 13.9. The number of aliphatic imine (C=N–C) groups is 1. The molecule has 1 amide bonds. The van der Waals surface area contributed by atoms with Gasteiger partial charge in [-0.2, -0.15) is 18.2 Å². The molecule has 4 rings (SSSR count). The molecule has 0 bridgehead atoms. The summed E-state index contributed by atoms with van der Waals surface area (Å²) in [7, 11) is 0. The molecular formula is C26H32F3N5O4. The van der Waals surface area contributed by atoms with Gasteiger partial charge in [0.1, 0.15) is 18.4 Å². The van der Waals surface area contributed by atoms with Crippen molar-refractivity contribution in [3.63, 3.8) is 0 Å². The Labute approximate surface area is 218 Å². The number of carbonyl (C=O) groups excluding carboxylic acids is 1. The molecule has 206 valence electrons. The van der Waals surface area contributed by atoms with Gasteiger partial charge >= 0.3 is 12.3 Å². The topological polar surface area (TPSA) is 116 Å². The highest BCUT2D eigenvalue weighted by Crippen LogP contribution is 2.39. The predicted molar refractivity (Wildman–Crippen MR) is 133 cm³/mol. The van der Waals surface area contributed by atoms with Crippen LogP contribution >= 0.6 is 0 Å². The zero-order chi connectivity index (χ0) is 27.1. The summed E-state index contributed by atoms with van der Waals surface area (Å²) in [5.41, 5.74) is 5.25. The number of nitrogens with two attached hydrogens (primary N) is 1. The Balaban J connectivity index is 1.48. The van der Waals surface area contributed by atoms with Crippen molar-refractivity contribution in [3.05, 3.63) is 42.3 Å². The number of aromatic nitrogens is 2. The molecule has 2 heterocycles. The minimum absolute atomic E-state index is 0.00365. The average molecular weight is 536 g/mol. The number of hydrogen-bond donors (Lipinski definition) is 1. The van der Waals surface area contributed by atoms with Crippen molar-refractivity contribution in [2.45, 2.75) is 63.6 Å². The van der Waals surface area contributed by atoms with Crippen LogP contribution in [-0.4, -0.2) is 46.9 Å². The quantitative estimate of drug-likeness (QED) is 0.253. The van der Waals surface area contributed by atoms with Crippen LogP contribution in [0, 0.1) is 5.92 Å². The Bertz CT molecular complexity index is 1140. The number of hydrogen-bond acceptors (Lipinski definition) is 6. The normalized spacial score (nSPS) is 19.0. The Hall–Kier alpha value is -3.57. The van der Waals surface area contributed by atoms with Crippen LogP contribution in [0.2, 0.25) is 0 Å². The van der Waals surface area contributed by atoms with Crippen molar-refractivity contribution in [2.24, 2.45) is 16.6 Å². The van der Waals surface area contributed by atoms with Gasteiger partial charge in [-0.1, -0.05) is 49.9 Å². The van der Waals surface area contributed by atoms with Crippen molar-refractivity contribution >= 4 is 12.1 Å². The third kappa shape index (κ3) is 6.84. The van der Waals surface area contributed by atoms with Crippen molar-refractivity contribution < 1.29 is 32.0 Å². The highest BCUT2D eigenvalue weighted by molar-refractivity contribution is 5.89. The van der Waals surface area contributed by atoms with Crippen molar-refractivity contribution in [2.75, 3.05) is 19.8 Å². The van der Waals surface area contributed by atoms with Crippen LogP contribution in [0.1, 0.15) is 68.9 Å². The maximum Gasteiger partial charge on any atom is 0.437 e. The fourth-order valence-corrected chi connectivity index (χ4v) is 4.93. The first-order valence-corrected chi connectivity index (χ1v) is 12.8. The Morgan fingerprint density at radius 3 is 2.76 bits per heavy atom. The summed E-state index contributed by atoms with van der Waals surface area (Å²) < 4.78 is 57.4. The zero-order valence-electron chi connectivity index (χ0n) is 21.1.